The molecule has 0 spiro atoms. The third-order valence-corrected chi connectivity index (χ3v) is 10.9. The lowest BCUT2D eigenvalue weighted by molar-refractivity contribution is -0.143. The number of amides is 1. The van der Waals surface area contributed by atoms with E-state index in [9.17, 15) is 19.8 Å². The summed E-state index contributed by atoms with van der Waals surface area (Å²) in [5.41, 5.74) is 0. The molecule has 0 bridgehead atoms. The lowest BCUT2D eigenvalue weighted by atomic mass is 10.1. The molecule has 0 heterocycles. The molecule has 0 aromatic heterocycles. The van der Waals surface area contributed by atoms with Crippen LogP contribution in [-0.4, -0.2) is 47.4 Å². The Labute approximate surface area is 347 Å². The number of allylic oxidation sites excluding steroid dienone is 5. The molecule has 0 aliphatic rings. The van der Waals surface area contributed by atoms with E-state index in [-0.39, 0.29) is 18.5 Å². The number of unbranched alkanes of at least 4 members (excludes halogenated alkanes) is 29. The van der Waals surface area contributed by atoms with Crippen LogP contribution in [0.4, 0.5) is 0 Å². The lowest BCUT2D eigenvalue weighted by Crippen LogP contribution is -2.45. The second kappa shape index (κ2) is 45.8. The van der Waals surface area contributed by atoms with Crippen molar-refractivity contribution < 1.29 is 24.5 Å². The topological polar surface area (TPSA) is 95.9 Å². The van der Waals surface area contributed by atoms with E-state index < -0.39 is 12.1 Å². The molecule has 0 radical (unpaired) electrons. The number of rotatable bonds is 44. The average molecular weight is 788 g/mol. The summed E-state index contributed by atoms with van der Waals surface area (Å²) in [6, 6.07) is -0.645. The van der Waals surface area contributed by atoms with Gasteiger partial charge < -0.3 is 20.3 Å². The van der Waals surface area contributed by atoms with Gasteiger partial charge in [-0.1, -0.05) is 179 Å². The summed E-state index contributed by atoms with van der Waals surface area (Å²) in [4.78, 5) is 24.4. The zero-order valence-corrected chi connectivity index (χ0v) is 37.1. The number of carbonyl (C=O) groups excluding carboxylic acids is 2. The highest BCUT2D eigenvalue weighted by Gasteiger charge is 2.18. The van der Waals surface area contributed by atoms with Gasteiger partial charge in [0, 0.05) is 12.8 Å². The van der Waals surface area contributed by atoms with Gasteiger partial charge in [-0.15, -0.1) is 0 Å². The number of hydrogen-bond donors (Lipinski definition) is 3. The fraction of sp³-hybridized carbons (Fsp3) is 0.840. The van der Waals surface area contributed by atoms with Gasteiger partial charge in [-0.3, -0.25) is 9.59 Å². The SMILES string of the molecule is CCCCCCCCC/C=C\CCCCCCCC(=O)OCCCCC/C=C\CCCCCCCC(=O)NC(CO)C(O)/C=C/CCCCCCCCCCC. The summed E-state index contributed by atoms with van der Waals surface area (Å²) in [5.74, 6) is -0.130. The van der Waals surface area contributed by atoms with Crippen molar-refractivity contribution in [2.24, 2.45) is 0 Å². The molecule has 6 nitrogen and oxygen atoms in total. The second-order valence-corrected chi connectivity index (χ2v) is 16.4. The number of carbonyl (C=O) groups is 2. The molecule has 2 unspecified atom stereocenters. The van der Waals surface area contributed by atoms with Crippen molar-refractivity contribution in [2.45, 2.75) is 257 Å². The van der Waals surface area contributed by atoms with E-state index in [0.29, 0.717) is 19.4 Å². The molecule has 0 aromatic carbocycles. The maximum absolute atomic E-state index is 12.4. The van der Waals surface area contributed by atoms with Crippen molar-refractivity contribution in [3.63, 3.8) is 0 Å². The maximum Gasteiger partial charge on any atom is 0.305 e. The predicted molar refractivity (Wildman–Crippen MR) is 241 cm³/mol. The molecule has 0 aliphatic heterocycles. The fourth-order valence-electron chi connectivity index (χ4n) is 7.09. The van der Waals surface area contributed by atoms with Crippen LogP contribution in [0.5, 0.6) is 0 Å². The van der Waals surface area contributed by atoms with Crippen LogP contribution in [0.1, 0.15) is 245 Å². The number of nitrogens with one attached hydrogen (secondary N) is 1. The quantitative estimate of drug-likeness (QED) is 0.0325. The summed E-state index contributed by atoms with van der Waals surface area (Å²) >= 11 is 0. The van der Waals surface area contributed by atoms with Crippen LogP contribution in [0.25, 0.3) is 0 Å². The number of hydrogen-bond acceptors (Lipinski definition) is 5. The lowest BCUT2D eigenvalue weighted by Gasteiger charge is -2.20. The molecular formula is C50H93NO5. The van der Waals surface area contributed by atoms with Crippen molar-refractivity contribution in [2.75, 3.05) is 13.2 Å². The first-order chi connectivity index (χ1) is 27.5. The number of esters is 1. The van der Waals surface area contributed by atoms with Crippen molar-refractivity contribution in [1.29, 1.82) is 0 Å². The third kappa shape index (κ3) is 41.7. The minimum Gasteiger partial charge on any atom is -0.466 e. The molecule has 0 saturated heterocycles. The standard InChI is InChI=1S/C50H93NO5/c1-3-5-7-9-11-13-15-16-17-18-19-24-28-32-36-40-44-50(55)56-45-41-37-33-29-25-21-20-23-27-31-35-39-43-49(54)51-47(46-52)48(53)42-38-34-30-26-22-14-12-10-8-6-4-2/h17-18,21,25,38,42,47-48,52-53H,3-16,19-20,22-24,26-37,39-41,43-46H2,1-2H3,(H,51,54)/b18-17-,25-21-,42-38+. The van der Waals surface area contributed by atoms with Crippen LogP contribution in [0.15, 0.2) is 36.5 Å². The Balaban J connectivity index is 3.54. The van der Waals surface area contributed by atoms with Gasteiger partial charge >= 0.3 is 5.97 Å². The number of aliphatic hydroxyl groups excluding tert-OH is 2. The van der Waals surface area contributed by atoms with Gasteiger partial charge in [0.1, 0.15) is 0 Å². The van der Waals surface area contributed by atoms with Crippen LogP contribution in [0, 0.1) is 0 Å². The van der Waals surface area contributed by atoms with E-state index >= 15 is 0 Å². The number of aliphatic hydroxyl groups is 2. The van der Waals surface area contributed by atoms with E-state index in [4.69, 9.17) is 4.74 Å². The predicted octanol–water partition coefficient (Wildman–Crippen LogP) is 14.1. The Morgan fingerprint density at radius 3 is 1.27 bits per heavy atom. The third-order valence-electron chi connectivity index (χ3n) is 10.9. The van der Waals surface area contributed by atoms with Gasteiger partial charge in [0.25, 0.3) is 0 Å². The van der Waals surface area contributed by atoms with Gasteiger partial charge in [-0.05, 0) is 89.9 Å². The minimum atomic E-state index is -0.859. The van der Waals surface area contributed by atoms with Crippen molar-refractivity contribution >= 4 is 11.9 Å². The highest BCUT2D eigenvalue weighted by molar-refractivity contribution is 5.76. The first-order valence-electron chi connectivity index (χ1n) is 24.3. The molecule has 0 rings (SSSR count). The zero-order chi connectivity index (χ0) is 40.8. The smallest absolute Gasteiger partial charge is 0.305 e. The summed E-state index contributed by atoms with van der Waals surface area (Å²) < 4.78 is 5.44. The van der Waals surface area contributed by atoms with Crippen LogP contribution < -0.4 is 5.32 Å². The molecular weight excluding hydrogens is 695 g/mol. The van der Waals surface area contributed by atoms with Gasteiger partial charge in [-0.25, -0.2) is 0 Å². The molecule has 0 saturated carbocycles. The Morgan fingerprint density at radius 1 is 0.482 bits per heavy atom. The van der Waals surface area contributed by atoms with Crippen LogP contribution in [-0.2, 0) is 14.3 Å². The van der Waals surface area contributed by atoms with E-state index in [0.717, 1.165) is 83.5 Å². The van der Waals surface area contributed by atoms with Crippen LogP contribution >= 0.6 is 0 Å². The van der Waals surface area contributed by atoms with E-state index in [1.54, 1.807) is 6.08 Å². The van der Waals surface area contributed by atoms with Gasteiger partial charge in [0.15, 0.2) is 0 Å². The van der Waals surface area contributed by atoms with Gasteiger partial charge in [0.2, 0.25) is 5.91 Å². The Morgan fingerprint density at radius 2 is 0.839 bits per heavy atom. The van der Waals surface area contributed by atoms with E-state index in [1.165, 1.54) is 135 Å². The Bertz CT molecular complexity index is 915. The highest BCUT2D eigenvalue weighted by atomic mass is 16.5. The van der Waals surface area contributed by atoms with Gasteiger partial charge in [0.05, 0.1) is 25.4 Å². The minimum absolute atomic E-state index is 0.0329. The van der Waals surface area contributed by atoms with Crippen LogP contribution in [0.3, 0.4) is 0 Å². The van der Waals surface area contributed by atoms with E-state index in [2.05, 4.69) is 43.5 Å². The Hall–Kier alpha value is -1.92. The largest absolute Gasteiger partial charge is 0.466 e. The molecule has 56 heavy (non-hydrogen) atoms. The number of ether oxygens (including phenoxy) is 1. The average Bonchev–Trinajstić information content (AvgIpc) is 3.20. The Kier molecular flexibility index (Phi) is 44.2. The normalized spacial score (nSPS) is 13.0. The van der Waals surface area contributed by atoms with Crippen LogP contribution in [0.2, 0.25) is 0 Å². The van der Waals surface area contributed by atoms with Gasteiger partial charge in [-0.2, -0.15) is 0 Å². The molecule has 0 aromatic rings. The monoisotopic (exact) mass is 788 g/mol. The fourth-order valence-corrected chi connectivity index (χ4v) is 7.09. The molecule has 328 valence electrons. The second-order valence-electron chi connectivity index (χ2n) is 16.4. The van der Waals surface area contributed by atoms with Crippen molar-refractivity contribution in [3.8, 4) is 0 Å². The highest BCUT2D eigenvalue weighted by Crippen LogP contribution is 2.14. The summed E-state index contributed by atoms with van der Waals surface area (Å²) in [6.07, 6.45) is 54.2. The summed E-state index contributed by atoms with van der Waals surface area (Å²) in [7, 11) is 0. The molecule has 6 heteroatoms. The molecule has 0 fully saturated rings. The van der Waals surface area contributed by atoms with Crippen molar-refractivity contribution in [3.05, 3.63) is 36.5 Å². The first kappa shape index (κ1) is 54.1. The first-order valence-corrected chi connectivity index (χ1v) is 24.3. The summed E-state index contributed by atoms with van der Waals surface area (Å²) in [6.45, 7) is 4.81. The van der Waals surface area contributed by atoms with Crippen molar-refractivity contribution in [1.82, 2.24) is 5.32 Å². The molecule has 1 amide bonds. The van der Waals surface area contributed by atoms with E-state index in [1.807, 2.05) is 6.08 Å². The molecule has 0 aliphatic carbocycles. The molecule has 3 N–H and O–H groups in total. The summed E-state index contributed by atoms with van der Waals surface area (Å²) in [5, 5.41) is 22.9. The zero-order valence-electron chi connectivity index (χ0n) is 37.1. The maximum atomic E-state index is 12.4. The molecule has 2 atom stereocenters.